The monoisotopic (exact) mass is 331 g/mol. The Morgan fingerprint density at radius 2 is 1.87 bits per heavy atom. The van der Waals surface area contributed by atoms with Crippen molar-refractivity contribution in [2.75, 3.05) is 56.6 Å². The van der Waals surface area contributed by atoms with E-state index in [9.17, 15) is 13.2 Å². The zero-order chi connectivity index (χ0) is 17.0. The third kappa shape index (κ3) is 4.70. The average Bonchev–Trinajstić information content (AvgIpc) is 2.72. The van der Waals surface area contributed by atoms with Gasteiger partial charge in [-0.1, -0.05) is 6.92 Å². The average molecular weight is 331 g/mol. The molecule has 2 rings (SSSR count). The smallest absolute Gasteiger partial charge is 0.363 e. The standard InChI is InChI=1S/C15H24F3N5/c1-4-6-22-7-5-8-23(10-9-22)14-19-12(15(16,17)18)11-13(20-14)21(2)3/h11H,4-10H2,1-3H3. The van der Waals surface area contributed by atoms with E-state index in [0.29, 0.717) is 13.1 Å². The van der Waals surface area contributed by atoms with Crippen LogP contribution in [0.15, 0.2) is 6.07 Å². The minimum Gasteiger partial charge on any atom is -0.363 e. The van der Waals surface area contributed by atoms with Crippen LogP contribution >= 0.6 is 0 Å². The number of aromatic nitrogens is 2. The van der Waals surface area contributed by atoms with Gasteiger partial charge in [-0.2, -0.15) is 18.2 Å². The number of anilines is 2. The Bertz CT molecular complexity index is 518. The van der Waals surface area contributed by atoms with Crippen LogP contribution in [0.2, 0.25) is 0 Å². The highest BCUT2D eigenvalue weighted by Gasteiger charge is 2.34. The Balaban J connectivity index is 2.25. The predicted octanol–water partition coefficient (Wildman–Crippen LogP) is 2.48. The molecule has 2 heterocycles. The molecule has 0 radical (unpaired) electrons. The maximum absolute atomic E-state index is 13.1. The molecular formula is C15H24F3N5. The van der Waals surface area contributed by atoms with Gasteiger partial charge in [-0.05, 0) is 25.9 Å². The van der Waals surface area contributed by atoms with Gasteiger partial charge in [0.05, 0.1) is 0 Å². The first-order chi connectivity index (χ1) is 10.8. The third-order valence-corrected chi connectivity index (χ3v) is 3.86. The third-order valence-electron chi connectivity index (χ3n) is 3.86. The van der Waals surface area contributed by atoms with E-state index in [1.807, 2.05) is 4.90 Å². The summed E-state index contributed by atoms with van der Waals surface area (Å²) in [6, 6.07) is 0.991. The summed E-state index contributed by atoms with van der Waals surface area (Å²) < 4.78 is 39.3. The van der Waals surface area contributed by atoms with Crippen LogP contribution in [0.5, 0.6) is 0 Å². The van der Waals surface area contributed by atoms with E-state index in [1.54, 1.807) is 19.0 Å². The fraction of sp³-hybridized carbons (Fsp3) is 0.733. The van der Waals surface area contributed by atoms with Crippen molar-refractivity contribution in [3.8, 4) is 0 Å². The maximum atomic E-state index is 13.1. The van der Waals surface area contributed by atoms with Gasteiger partial charge in [0.25, 0.3) is 0 Å². The van der Waals surface area contributed by atoms with Gasteiger partial charge in [0.15, 0.2) is 5.69 Å². The summed E-state index contributed by atoms with van der Waals surface area (Å²) in [6.45, 7) is 6.25. The molecule has 0 aromatic carbocycles. The molecule has 1 aliphatic heterocycles. The van der Waals surface area contributed by atoms with Crippen molar-refractivity contribution in [3.63, 3.8) is 0 Å². The van der Waals surface area contributed by atoms with E-state index in [4.69, 9.17) is 0 Å². The SMILES string of the molecule is CCCN1CCCN(c2nc(N(C)C)cc(C(F)(F)F)n2)CC1. The molecule has 0 unspecified atom stereocenters. The van der Waals surface area contributed by atoms with Gasteiger partial charge in [0.1, 0.15) is 5.82 Å². The second kappa shape index (κ2) is 7.33. The van der Waals surface area contributed by atoms with Crippen LogP contribution in [0, 0.1) is 0 Å². The van der Waals surface area contributed by atoms with Crippen molar-refractivity contribution in [1.29, 1.82) is 0 Å². The molecule has 0 bridgehead atoms. The Labute approximate surface area is 135 Å². The highest BCUT2D eigenvalue weighted by Crippen LogP contribution is 2.31. The number of alkyl halides is 3. The van der Waals surface area contributed by atoms with Crippen LogP contribution in [0.25, 0.3) is 0 Å². The van der Waals surface area contributed by atoms with E-state index in [1.165, 1.54) is 0 Å². The van der Waals surface area contributed by atoms with Crippen molar-refractivity contribution in [1.82, 2.24) is 14.9 Å². The Morgan fingerprint density at radius 3 is 2.48 bits per heavy atom. The van der Waals surface area contributed by atoms with Crippen LogP contribution in [0.1, 0.15) is 25.5 Å². The second-order valence-electron chi connectivity index (χ2n) is 5.99. The number of hydrogen-bond acceptors (Lipinski definition) is 5. The van der Waals surface area contributed by atoms with E-state index in [-0.39, 0.29) is 11.8 Å². The Kier molecular flexibility index (Phi) is 5.67. The Hall–Kier alpha value is -1.57. The molecule has 130 valence electrons. The first kappa shape index (κ1) is 17.8. The molecule has 23 heavy (non-hydrogen) atoms. The van der Waals surface area contributed by atoms with Crippen LogP contribution in [-0.2, 0) is 6.18 Å². The zero-order valence-electron chi connectivity index (χ0n) is 13.9. The fourth-order valence-corrected chi connectivity index (χ4v) is 2.65. The normalized spacial score (nSPS) is 17.2. The molecular weight excluding hydrogens is 307 g/mol. The van der Waals surface area contributed by atoms with E-state index in [0.717, 1.165) is 38.5 Å². The van der Waals surface area contributed by atoms with Gasteiger partial charge in [0.2, 0.25) is 5.95 Å². The first-order valence-electron chi connectivity index (χ1n) is 7.92. The van der Waals surface area contributed by atoms with Crippen LogP contribution < -0.4 is 9.80 Å². The lowest BCUT2D eigenvalue weighted by atomic mass is 10.3. The van der Waals surface area contributed by atoms with Gasteiger partial charge >= 0.3 is 6.18 Å². The second-order valence-corrected chi connectivity index (χ2v) is 5.99. The largest absolute Gasteiger partial charge is 0.433 e. The molecule has 0 aliphatic carbocycles. The topological polar surface area (TPSA) is 35.5 Å². The summed E-state index contributed by atoms with van der Waals surface area (Å²) in [6.07, 6.45) is -2.50. The van der Waals surface area contributed by atoms with E-state index < -0.39 is 11.9 Å². The number of halogens is 3. The molecule has 8 heteroatoms. The molecule has 1 saturated heterocycles. The summed E-state index contributed by atoms with van der Waals surface area (Å²) in [4.78, 5) is 13.8. The van der Waals surface area contributed by atoms with Gasteiger partial charge in [-0.25, -0.2) is 4.98 Å². The zero-order valence-corrected chi connectivity index (χ0v) is 13.9. The molecule has 1 aromatic heterocycles. The van der Waals surface area contributed by atoms with Crippen molar-refractivity contribution in [3.05, 3.63) is 11.8 Å². The minimum atomic E-state index is -4.47. The molecule has 0 N–H and O–H groups in total. The molecule has 0 atom stereocenters. The van der Waals surface area contributed by atoms with Crippen molar-refractivity contribution in [2.45, 2.75) is 25.9 Å². The highest BCUT2D eigenvalue weighted by atomic mass is 19.4. The number of hydrogen-bond donors (Lipinski definition) is 0. The Morgan fingerprint density at radius 1 is 1.13 bits per heavy atom. The fourth-order valence-electron chi connectivity index (χ4n) is 2.65. The predicted molar refractivity (Wildman–Crippen MR) is 84.9 cm³/mol. The van der Waals surface area contributed by atoms with Crippen molar-refractivity contribution < 1.29 is 13.2 Å². The molecule has 1 aromatic rings. The summed E-state index contributed by atoms with van der Waals surface area (Å²) in [5.41, 5.74) is -0.888. The summed E-state index contributed by atoms with van der Waals surface area (Å²) >= 11 is 0. The van der Waals surface area contributed by atoms with Gasteiger partial charge in [-0.3, -0.25) is 0 Å². The molecule has 5 nitrogen and oxygen atoms in total. The van der Waals surface area contributed by atoms with Crippen LogP contribution in [0.4, 0.5) is 24.9 Å². The van der Waals surface area contributed by atoms with Gasteiger partial charge in [0, 0.05) is 39.8 Å². The minimum absolute atomic E-state index is 0.168. The van der Waals surface area contributed by atoms with Crippen molar-refractivity contribution >= 4 is 11.8 Å². The van der Waals surface area contributed by atoms with E-state index >= 15 is 0 Å². The summed E-state index contributed by atoms with van der Waals surface area (Å²) in [5.74, 6) is 0.443. The molecule has 0 spiro atoms. The van der Waals surface area contributed by atoms with Crippen LogP contribution in [-0.4, -0.2) is 61.7 Å². The lowest BCUT2D eigenvalue weighted by molar-refractivity contribution is -0.141. The molecule has 0 saturated carbocycles. The lowest BCUT2D eigenvalue weighted by Gasteiger charge is -2.24. The lowest BCUT2D eigenvalue weighted by Crippen LogP contribution is -2.32. The van der Waals surface area contributed by atoms with Gasteiger partial charge < -0.3 is 14.7 Å². The number of nitrogens with zero attached hydrogens (tertiary/aromatic N) is 5. The first-order valence-corrected chi connectivity index (χ1v) is 7.92. The molecule has 1 fully saturated rings. The summed E-state index contributed by atoms with van der Waals surface area (Å²) in [7, 11) is 3.36. The molecule has 1 aliphatic rings. The summed E-state index contributed by atoms with van der Waals surface area (Å²) in [5, 5.41) is 0. The highest BCUT2D eigenvalue weighted by molar-refractivity contribution is 5.45. The number of rotatable bonds is 4. The quantitative estimate of drug-likeness (QED) is 0.847. The van der Waals surface area contributed by atoms with E-state index in [2.05, 4.69) is 21.8 Å². The molecule has 0 amide bonds. The van der Waals surface area contributed by atoms with Crippen molar-refractivity contribution in [2.24, 2.45) is 0 Å². The van der Waals surface area contributed by atoms with Crippen LogP contribution in [0.3, 0.4) is 0 Å². The maximum Gasteiger partial charge on any atom is 0.433 e. The van der Waals surface area contributed by atoms with Gasteiger partial charge in [-0.15, -0.1) is 0 Å².